The predicted molar refractivity (Wildman–Crippen MR) is 107 cm³/mol. The van der Waals surface area contributed by atoms with E-state index >= 15 is 0 Å². The molecule has 7 heteroatoms. The summed E-state index contributed by atoms with van der Waals surface area (Å²) in [5, 5.41) is 10.0. The van der Waals surface area contributed by atoms with Crippen molar-refractivity contribution in [2.24, 2.45) is 7.05 Å². The standard InChI is InChI=1S/C20H21ClFN3OS/c1-14-11-16(21)8-9-18(14)26-10-4-7-19-23-24-20(25(19)2)27-13-15-5-3-6-17(22)12-15/h3,5-6,8-9,11-12H,4,7,10,13H2,1-2H3. The molecule has 0 saturated heterocycles. The predicted octanol–water partition coefficient (Wildman–Crippen LogP) is 5.22. The van der Waals surface area contributed by atoms with Crippen molar-refractivity contribution in [2.45, 2.75) is 30.7 Å². The number of hydrogen-bond acceptors (Lipinski definition) is 4. The van der Waals surface area contributed by atoms with Crippen molar-refractivity contribution in [1.29, 1.82) is 0 Å². The maximum Gasteiger partial charge on any atom is 0.191 e. The zero-order valence-electron chi connectivity index (χ0n) is 15.3. The highest BCUT2D eigenvalue weighted by molar-refractivity contribution is 7.98. The van der Waals surface area contributed by atoms with Crippen LogP contribution in [0.3, 0.4) is 0 Å². The molecular formula is C20H21ClFN3OS. The molecule has 2 aromatic carbocycles. The minimum absolute atomic E-state index is 0.220. The summed E-state index contributed by atoms with van der Waals surface area (Å²) in [5.74, 6) is 2.20. The van der Waals surface area contributed by atoms with Crippen LogP contribution in [0.5, 0.6) is 5.75 Å². The first-order valence-corrected chi connectivity index (χ1v) is 10.0. The fourth-order valence-electron chi connectivity index (χ4n) is 2.65. The third kappa shape index (κ3) is 5.47. The summed E-state index contributed by atoms with van der Waals surface area (Å²) < 4.78 is 21.1. The van der Waals surface area contributed by atoms with E-state index in [1.807, 2.05) is 42.8 Å². The van der Waals surface area contributed by atoms with Gasteiger partial charge in [-0.2, -0.15) is 0 Å². The Bertz CT molecular complexity index is 916. The fourth-order valence-corrected chi connectivity index (χ4v) is 3.75. The number of thioether (sulfide) groups is 1. The number of ether oxygens (including phenoxy) is 1. The number of aryl methyl sites for hydroxylation is 2. The van der Waals surface area contributed by atoms with Crippen LogP contribution in [0.1, 0.15) is 23.4 Å². The second kappa shape index (κ2) is 9.24. The number of benzene rings is 2. The molecule has 0 fully saturated rings. The van der Waals surface area contributed by atoms with E-state index in [-0.39, 0.29) is 5.82 Å². The molecule has 0 amide bonds. The van der Waals surface area contributed by atoms with Crippen LogP contribution in [0.25, 0.3) is 0 Å². The van der Waals surface area contributed by atoms with Crippen molar-refractivity contribution >= 4 is 23.4 Å². The summed E-state index contributed by atoms with van der Waals surface area (Å²) in [7, 11) is 1.95. The van der Waals surface area contributed by atoms with Crippen LogP contribution >= 0.6 is 23.4 Å². The highest BCUT2D eigenvalue weighted by Gasteiger charge is 2.10. The van der Waals surface area contributed by atoms with E-state index in [9.17, 15) is 4.39 Å². The van der Waals surface area contributed by atoms with Crippen LogP contribution < -0.4 is 4.74 Å². The Morgan fingerprint density at radius 1 is 1.19 bits per heavy atom. The normalized spacial score (nSPS) is 11.0. The highest BCUT2D eigenvalue weighted by atomic mass is 35.5. The molecule has 3 rings (SSSR count). The van der Waals surface area contributed by atoms with Gasteiger partial charge in [-0.05, 0) is 54.8 Å². The van der Waals surface area contributed by atoms with Crippen molar-refractivity contribution in [1.82, 2.24) is 14.8 Å². The lowest BCUT2D eigenvalue weighted by atomic mass is 10.2. The summed E-state index contributed by atoms with van der Waals surface area (Å²) in [6.07, 6.45) is 1.61. The van der Waals surface area contributed by atoms with Crippen molar-refractivity contribution in [2.75, 3.05) is 6.61 Å². The lowest BCUT2D eigenvalue weighted by Crippen LogP contribution is -2.04. The van der Waals surface area contributed by atoms with Gasteiger partial charge in [-0.15, -0.1) is 10.2 Å². The molecular weight excluding hydrogens is 385 g/mol. The minimum atomic E-state index is -0.220. The molecule has 0 saturated carbocycles. The van der Waals surface area contributed by atoms with Crippen molar-refractivity contribution in [3.63, 3.8) is 0 Å². The number of nitrogens with zero attached hydrogens (tertiary/aromatic N) is 3. The minimum Gasteiger partial charge on any atom is -0.493 e. The van der Waals surface area contributed by atoms with Crippen LogP contribution in [-0.4, -0.2) is 21.4 Å². The third-order valence-electron chi connectivity index (χ3n) is 4.12. The van der Waals surface area contributed by atoms with E-state index in [2.05, 4.69) is 10.2 Å². The molecule has 1 aromatic heterocycles. The molecule has 0 bridgehead atoms. The lowest BCUT2D eigenvalue weighted by molar-refractivity contribution is 0.307. The average molecular weight is 406 g/mol. The van der Waals surface area contributed by atoms with Gasteiger partial charge in [0.05, 0.1) is 6.61 Å². The molecule has 0 N–H and O–H groups in total. The van der Waals surface area contributed by atoms with Crippen molar-refractivity contribution in [3.05, 3.63) is 70.3 Å². The highest BCUT2D eigenvalue weighted by Crippen LogP contribution is 2.23. The molecule has 0 spiro atoms. The second-order valence-corrected chi connectivity index (χ2v) is 7.62. The Labute approximate surface area is 167 Å². The van der Waals surface area contributed by atoms with Crippen molar-refractivity contribution < 1.29 is 9.13 Å². The molecule has 0 atom stereocenters. The molecule has 0 radical (unpaired) electrons. The number of halogens is 2. The van der Waals surface area contributed by atoms with Crippen LogP contribution in [0.15, 0.2) is 47.6 Å². The summed E-state index contributed by atoms with van der Waals surface area (Å²) in [6, 6.07) is 12.2. The molecule has 0 aliphatic heterocycles. The van der Waals surface area contributed by atoms with E-state index in [1.165, 1.54) is 6.07 Å². The number of rotatable bonds is 8. The molecule has 4 nitrogen and oxygen atoms in total. The summed E-state index contributed by atoms with van der Waals surface area (Å²) in [5.41, 5.74) is 1.95. The van der Waals surface area contributed by atoms with Gasteiger partial charge >= 0.3 is 0 Å². The summed E-state index contributed by atoms with van der Waals surface area (Å²) in [6.45, 7) is 2.58. The zero-order chi connectivity index (χ0) is 19.2. The summed E-state index contributed by atoms with van der Waals surface area (Å²) in [4.78, 5) is 0. The molecule has 0 aliphatic rings. The van der Waals surface area contributed by atoms with Crippen LogP contribution in [-0.2, 0) is 19.2 Å². The first-order valence-electron chi connectivity index (χ1n) is 8.67. The van der Waals surface area contributed by atoms with Gasteiger partial charge < -0.3 is 9.30 Å². The number of hydrogen-bond donors (Lipinski definition) is 0. The molecule has 1 heterocycles. The Balaban J connectivity index is 1.48. The first-order chi connectivity index (χ1) is 13.0. The molecule has 0 aliphatic carbocycles. The van der Waals surface area contributed by atoms with Gasteiger partial charge in [0, 0.05) is 24.2 Å². The second-order valence-electron chi connectivity index (χ2n) is 6.24. The van der Waals surface area contributed by atoms with Gasteiger partial charge in [0.1, 0.15) is 17.4 Å². The van der Waals surface area contributed by atoms with Gasteiger partial charge in [0.25, 0.3) is 0 Å². The maximum atomic E-state index is 13.3. The Morgan fingerprint density at radius 3 is 2.81 bits per heavy atom. The quantitative estimate of drug-likeness (QED) is 0.380. The van der Waals surface area contributed by atoms with Crippen molar-refractivity contribution in [3.8, 4) is 5.75 Å². The SMILES string of the molecule is Cc1cc(Cl)ccc1OCCCc1nnc(SCc2cccc(F)c2)n1C. The average Bonchev–Trinajstić information content (AvgIpc) is 2.98. The first kappa shape index (κ1) is 19.7. The lowest BCUT2D eigenvalue weighted by Gasteiger charge is -2.09. The van der Waals surface area contributed by atoms with E-state index in [4.69, 9.17) is 16.3 Å². The van der Waals surface area contributed by atoms with E-state index in [1.54, 1.807) is 23.9 Å². The van der Waals surface area contributed by atoms with Crippen LogP contribution in [0.4, 0.5) is 4.39 Å². The molecule has 27 heavy (non-hydrogen) atoms. The van der Waals surface area contributed by atoms with E-state index in [0.717, 1.165) is 40.7 Å². The fraction of sp³-hybridized carbons (Fsp3) is 0.300. The molecule has 142 valence electrons. The van der Waals surface area contributed by atoms with E-state index in [0.29, 0.717) is 17.4 Å². The largest absolute Gasteiger partial charge is 0.493 e. The van der Waals surface area contributed by atoms with Gasteiger partial charge in [0.2, 0.25) is 0 Å². The summed E-state index contributed by atoms with van der Waals surface area (Å²) >= 11 is 7.50. The van der Waals surface area contributed by atoms with Gasteiger partial charge in [-0.1, -0.05) is 35.5 Å². The topological polar surface area (TPSA) is 39.9 Å². The monoisotopic (exact) mass is 405 g/mol. The smallest absolute Gasteiger partial charge is 0.191 e. The van der Waals surface area contributed by atoms with E-state index < -0.39 is 0 Å². The Morgan fingerprint density at radius 2 is 2.04 bits per heavy atom. The van der Waals surface area contributed by atoms with Gasteiger partial charge in [0.15, 0.2) is 5.16 Å². The maximum absolute atomic E-state index is 13.3. The van der Waals surface area contributed by atoms with Crippen LogP contribution in [0, 0.1) is 12.7 Å². The van der Waals surface area contributed by atoms with Crippen LogP contribution in [0.2, 0.25) is 5.02 Å². The Hall–Kier alpha value is -2.05. The van der Waals surface area contributed by atoms with Gasteiger partial charge in [-0.25, -0.2) is 4.39 Å². The number of aromatic nitrogens is 3. The zero-order valence-corrected chi connectivity index (χ0v) is 16.9. The molecule has 3 aromatic rings. The van der Waals surface area contributed by atoms with Gasteiger partial charge in [-0.3, -0.25) is 0 Å². The Kier molecular flexibility index (Phi) is 6.74. The molecule has 0 unspecified atom stereocenters. The third-order valence-corrected chi connectivity index (χ3v) is 5.45.